The van der Waals surface area contributed by atoms with Crippen LogP contribution in [0, 0.1) is 0 Å². The molecule has 1 aromatic rings. The summed E-state index contributed by atoms with van der Waals surface area (Å²) in [4.78, 5) is 20.6. The Balaban J connectivity index is 0.00000264. The van der Waals surface area contributed by atoms with Gasteiger partial charge >= 0.3 is 0 Å². The van der Waals surface area contributed by atoms with Crippen LogP contribution in [0.3, 0.4) is 0 Å². The summed E-state index contributed by atoms with van der Waals surface area (Å²) in [5.41, 5.74) is 0. The SMILES string of the molecule is CCNC(=O)CN=C(NCC)N1CCN(c2cccs2)CC1.I. The second kappa shape index (κ2) is 10.7. The summed E-state index contributed by atoms with van der Waals surface area (Å²) in [5, 5.41) is 9.49. The minimum absolute atomic E-state index is 0. The molecule has 1 fully saturated rings. The van der Waals surface area contributed by atoms with Gasteiger partial charge < -0.3 is 20.4 Å². The van der Waals surface area contributed by atoms with E-state index in [1.165, 1.54) is 5.00 Å². The zero-order valence-electron chi connectivity index (χ0n) is 13.7. The number of amides is 1. The van der Waals surface area contributed by atoms with Crippen molar-refractivity contribution in [2.24, 2.45) is 4.99 Å². The zero-order valence-corrected chi connectivity index (χ0v) is 16.9. The minimum Gasteiger partial charge on any atom is -0.360 e. The van der Waals surface area contributed by atoms with Crippen molar-refractivity contribution in [3.63, 3.8) is 0 Å². The molecule has 0 aliphatic carbocycles. The number of carbonyl (C=O) groups excluding carboxylic acids is 1. The number of guanidine groups is 1. The van der Waals surface area contributed by atoms with Gasteiger partial charge in [-0.3, -0.25) is 4.79 Å². The minimum atomic E-state index is -0.0323. The molecule has 0 unspecified atom stereocenters. The van der Waals surface area contributed by atoms with Gasteiger partial charge in [0.2, 0.25) is 5.91 Å². The molecule has 0 aromatic carbocycles. The fraction of sp³-hybridized carbons (Fsp3) is 0.600. The molecule has 2 N–H and O–H groups in total. The van der Waals surface area contributed by atoms with E-state index >= 15 is 0 Å². The van der Waals surface area contributed by atoms with Crippen molar-refractivity contribution in [1.82, 2.24) is 15.5 Å². The average Bonchev–Trinajstić information content (AvgIpc) is 3.06. The van der Waals surface area contributed by atoms with Crippen molar-refractivity contribution >= 4 is 52.2 Å². The highest BCUT2D eigenvalue weighted by atomic mass is 127. The Kier molecular flexibility index (Phi) is 9.30. The van der Waals surface area contributed by atoms with Crippen LogP contribution in [0.4, 0.5) is 5.00 Å². The van der Waals surface area contributed by atoms with E-state index in [4.69, 9.17) is 0 Å². The molecule has 1 aliphatic heterocycles. The first-order valence-corrected chi connectivity index (χ1v) is 8.71. The van der Waals surface area contributed by atoms with Crippen molar-refractivity contribution in [2.75, 3.05) is 50.7 Å². The number of hydrogen-bond donors (Lipinski definition) is 2. The van der Waals surface area contributed by atoms with Crippen LogP contribution in [0.15, 0.2) is 22.5 Å². The van der Waals surface area contributed by atoms with Gasteiger partial charge in [-0.15, -0.1) is 35.3 Å². The van der Waals surface area contributed by atoms with E-state index < -0.39 is 0 Å². The van der Waals surface area contributed by atoms with Gasteiger partial charge in [-0.2, -0.15) is 0 Å². The number of anilines is 1. The Morgan fingerprint density at radius 3 is 2.48 bits per heavy atom. The summed E-state index contributed by atoms with van der Waals surface area (Å²) in [6.07, 6.45) is 0. The summed E-state index contributed by atoms with van der Waals surface area (Å²) >= 11 is 1.78. The molecule has 6 nitrogen and oxygen atoms in total. The van der Waals surface area contributed by atoms with E-state index in [0.29, 0.717) is 6.54 Å². The first kappa shape index (κ1) is 20.0. The fourth-order valence-electron chi connectivity index (χ4n) is 2.41. The summed E-state index contributed by atoms with van der Waals surface area (Å²) in [6.45, 7) is 9.38. The monoisotopic (exact) mass is 451 g/mol. The molecule has 8 heteroatoms. The second-order valence-corrected chi connectivity index (χ2v) is 5.98. The van der Waals surface area contributed by atoms with Gasteiger partial charge in [0.15, 0.2) is 5.96 Å². The Morgan fingerprint density at radius 2 is 1.91 bits per heavy atom. The van der Waals surface area contributed by atoms with Gasteiger partial charge in [-0.1, -0.05) is 0 Å². The highest BCUT2D eigenvalue weighted by Gasteiger charge is 2.20. The molecule has 0 saturated carbocycles. The maximum absolute atomic E-state index is 11.6. The zero-order chi connectivity index (χ0) is 15.8. The normalized spacial score (nSPS) is 15.1. The number of rotatable bonds is 5. The van der Waals surface area contributed by atoms with Crippen molar-refractivity contribution < 1.29 is 4.79 Å². The first-order valence-electron chi connectivity index (χ1n) is 7.83. The Hall–Kier alpha value is -1.03. The molecule has 1 saturated heterocycles. The lowest BCUT2D eigenvalue weighted by molar-refractivity contribution is -0.119. The number of nitrogens with zero attached hydrogens (tertiary/aromatic N) is 3. The standard InChI is InChI=1S/C15H25N5OS.HI/c1-3-16-13(21)12-18-15(17-4-2)20-9-7-19(8-10-20)14-6-5-11-22-14;/h5-6,11H,3-4,7-10,12H2,1-2H3,(H,16,21)(H,17,18);1H. The summed E-state index contributed by atoms with van der Waals surface area (Å²) in [5.74, 6) is 0.801. The first-order chi connectivity index (χ1) is 10.7. The van der Waals surface area contributed by atoms with E-state index in [9.17, 15) is 4.79 Å². The number of aliphatic imine (C=N–C) groups is 1. The molecular weight excluding hydrogens is 425 g/mol. The number of hydrogen-bond acceptors (Lipinski definition) is 4. The highest BCUT2D eigenvalue weighted by molar-refractivity contribution is 14.0. The lowest BCUT2D eigenvalue weighted by Gasteiger charge is -2.37. The molecule has 0 radical (unpaired) electrons. The molecule has 2 rings (SSSR count). The largest absolute Gasteiger partial charge is 0.360 e. The Labute approximate surface area is 159 Å². The van der Waals surface area contributed by atoms with Crippen LogP contribution in [-0.4, -0.2) is 62.6 Å². The molecule has 1 amide bonds. The molecule has 1 aromatic heterocycles. The molecular formula is C15H26IN5OS. The molecule has 2 heterocycles. The van der Waals surface area contributed by atoms with Gasteiger partial charge in [-0.05, 0) is 31.4 Å². The molecule has 1 aliphatic rings. The van der Waals surface area contributed by atoms with E-state index in [1.54, 1.807) is 11.3 Å². The predicted octanol–water partition coefficient (Wildman–Crippen LogP) is 1.59. The summed E-state index contributed by atoms with van der Waals surface area (Å²) in [7, 11) is 0. The van der Waals surface area contributed by atoms with Crippen LogP contribution in [0.2, 0.25) is 0 Å². The van der Waals surface area contributed by atoms with E-state index in [1.807, 2.05) is 13.8 Å². The quantitative estimate of drug-likeness (QED) is 0.406. The van der Waals surface area contributed by atoms with Crippen molar-refractivity contribution in [2.45, 2.75) is 13.8 Å². The third-order valence-corrected chi connectivity index (χ3v) is 4.41. The maximum Gasteiger partial charge on any atom is 0.241 e. The molecule has 23 heavy (non-hydrogen) atoms. The van der Waals surface area contributed by atoms with Gasteiger partial charge in [-0.25, -0.2) is 4.99 Å². The van der Waals surface area contributed by atoms with Crippen LogP contribution in [0.25, 0.3) is 0 Å². The van der Waals surface area contributed by atoms with E-state index in [0.717, 1.165) is 38.7 Å². The van der Waals surface area contributed by atoms with E-state index in [-0.39, 0.29) is 36.4 Å². The topological polar surface area (TPSA) is 60.0 Å². The van der Waals surface area contributed by atoms with Crippen LogP contribution in [0.5, 0.6) is 0 Å². The lowest BCUT2D eigenvalue weighted by atomic mass is 10.3. The van der Waals surface area contributed by atoms with Crippen LogP contribution in [-0.2, 0) is 4.79 Å². The van der Waals surface area contributed by atoms with E-state index in [2.05, 4.69) is 42.9 Å². The molecule has 0 spiro atoms. The Morgan fingerprint density at radius 1 is 1.22 bits per heavy atom. The van der Waals surface area contributed by atoms with Crippen molar-refractivity contribution in [3.05, 3.63) is 17.5 Å². The van der Waals surface area contributed by atoms with Crippen molar-refractivity contribution in [3.8, 4) is 0 Å². The average molecular weight is 451 g/mol. The van der Waals surface area contributed by atoms with Gasteiger partial charge in [0.1, 0.15) is 6.54 Å². The van der Waals surface area contributed by atoms with Gasteiger partial charge in [0.25, 0.3) is 0 Å². The number of likely N-dealkylation sites (N-methyl/N-ethyl adjacent to an activating group) is 1. The van der Waals surface area contributed by atoms with Crippen molar-refractivity contribution in [1.29, 1.82) is 0 Å². The van der Waals surface area contributed by atoms with Gasteiger partial charge in [0, 0.05) is 39.3 Å². The Bertz CT molecular complexity index is 486. The molecule has 130 valence electrons. The summed E-state index contributed by atoms with van der Waals surface area (Å²) < 4.78 is 0. The molecule has 0 atom stereocenters. The number of thiophene rings is 1. The number of carbonyl (C=O) groups is 1. The van der Waals surface area contributed by atoms with Crippen LogP contribution in [0.1, 0.15) is 13.8 Å². The third kappa shape index (κ3) is 6.17. The number of piperazine rings is 1. The lowest BCUT2D eigenvalue weighted by Crippen LogP contribution is -2.52. The highest BCUT2D eigenvalue weighted by Crippen LogP contribution is 2.22. The second-order valence-electron chi connectivity index (χ2n) is 5.05. The molecule has 0 bridgehead atoms. The number of nitrogens with one attached hydrogen (secondary N) is 2. The summed E-state index contributed by atoms with van der Waals surface area (Å²) in [6, 6.07) is 4.25. The van der Waals surface area contributed by atoms with Crippen LogP contribution >= 0.6 is 35.3 Å². The maximum atomic E-state index is 11.6. The predicted molar refractivity (Wildman–Crippen MR) is 108 cm³/mol. The smallest absolute Gasteiger partial charge is 0.241 e. The fourth-order valence-corrected chi connectivity index (χ4v) is 3.20. The number of halogens is 1. The van der Waals surface area contributed by atoms with Crippen LogP contribution < -0.4 is 15.5 Å². The third-order valence-electron chi connectivity index (χ3n) is 3.48. The van der Waals surface area contributed by atoms with Gasteiger partial charge in [0.05, 0.1) is 5.00 Å².